The van der Waals surface area contributed by atoms with E-state index in [0.717, 1.165) is 37.4 Å². The van der Waals surface area contributed by atoms with Crippen molar-refractivity contribution in [3.63, 3.8) is 0 Å². The van der Waals surface area contributed by atoms with Gasteiger partial charge in [-0.1, -0.05) is 25.8 Å². The number of carbonyl (C=O) groups excluding carboxylic acids is 1. The molecule has 4 heteroatoms. The van der Waals surface area contributed by atoms with Crippen LogP contribution in [-0.2, 0) is 0 Å². The molecule has 1 aliphatic carbocycles. The zero-order valence-corrected chi connectivity index (χ0v) is 13.5. The number of nitrogens with zero attached hydrogens (tertiary/aromatic N) is 2. The second-order valence-corrected chi connectivity index (χ2v) is 6.64. The Balaban J connectivity index is 1.65. The summed E-state index contributed by atoms with van der Waals surface area (Å²) in [6.45, 7) is 3.06. The predicted octanol–water partition coefficient (Wildman–Crippen LogP) is 3.90. The van der Waals surface area contributed by atoms with Crippen LogP contribution in [0, 0.1) is 5.92 Å². The van der Waals surface area contributed by atoms with Gasteiger partial charge < -0.3 is 10.2 Å². The van der Waals surface area contributed by atoms with Gasteiger partial charge in [0.2, 0.25) is 0 Å². The number of likely N-dealkylation sites (tertiary alicyclic amines) is 1. The fourth-order valence-electron chi connectivity index (χ4n) is 3.76. The number of nitrogens with one attached hydrogen (secondary N) is 1. The van der Waals surface area contributed by atoms with Crippen LogP contribution in [0.4, 0.5) is 4.79 Å². The highest BCUT2D eigenvalue weighted by molar-refractivity contribution is 5.75. The van der Waals surface area contributed by atoms with E-state index in [1.54, 1.807) is 6.20 Å². The van der Waals surface area contributed by atoms with Gasteiger partial charge >= 0.3 is 6.03 Å². The van der Waals surface area contributed by atoms with Crippen molar-refractivity contribution in [2.45, 2.75) is 64.0 Å². The molecule has 0 bridgehead atoms. The van der Waals surface area contributed by atoms with Crippen LogP contribution in [0.5, 0.6) is 0 Å². The van der Waals surface area contributed by atoms with Crippen molar-refractivity contribution in [3.05, 3.63) is 30.1 Å². The molecule has 1 aliphatic heterocycles. The van der Waals surface area contributed by atoms with E-state index in [1.807, 2.05) is 18.2 Å². The molecule has 2 amide bonds. The normalized spacial score (nSPS) is 23.1. The van der Waals surface area contributed by atoms with Crippen molar-refractivity contribution in [3.8, 4) is 0 Å². The quantitative estimate of drug-likeness (QED) is 0.896. The zero-order valence-electron chi connectivity index (χ0n) is 13.5. The Kier molecular flexibility index (Phi) is 4.96. The molecule has 0 unspecified atom stereocenters. The predicted molar refractivity (Wildman–Crippen MR) is 87.5 cm³/mol. The molecule has 4 nitrogen and oxygen atoms in total. The van der Waals surface area contributed by atoms with Gasteiger partial charge in [-0.15, -0.1) is 0 Å². The zero-order chi connectivity index (χ0) is 15.4. The average Bonchev–Trinajstić information content (AvgIpc) is 2.95. The molecule has 2 fully saturated rings. The molecule has 22 heavy (non-hydrogen) atoms. The highest BCUT2D eigenvalue weighted by atomic mass is 16.2. The fraction of sp³-hybridized carbons (Fsp3) is 0.667. The first-order valence-corrected chi connectivity index (χ1v) is 8.77. The Hall–Kier alpha value is -1.58. The minimum atomic E-state index is 0.0290. The Labute approximate surface area is 133 Å². The third kappa shape index (κ3) is 3.26. The second-order valence-electron chi connectivity index (χ2n) is 6.64. The Bertz CT molecular complexity index is 486. The van der Waals surface area contributed by atoms with Gasteiger partial charge in [0.05, 0.1) is 11.7 Å². The number of rotatable bonds is 5. The first-order valence-electron chi connectivity index (χ1n) is 8.77. The lowest BCUT2D eigenvalue weighted by Crippen LogP contribution is -2.48. The largest absolute Gasteiger partial charge is 0.330 e. The third-order valence-corrected chi connectivity index (χ3v) is 5.17. The van der Waals surface area contributed by atoms with Crippen LogP contribution in [-0.4, -0.2) is 28.5 Å². The van der Waals surface area contributed by atoms with E-state index >= 15 is 0 Å². The minimum absolute atomic E-state index is 0.0290. The van der Waals surface area contributed by atoms with Crippen molar-refractivity contribution < 1.29 is 4.79 Å². The molecule has 120 valence electrons. The molecule has 1 N–H and O–H groups in total. The number of aromatic nitrogens is 1. The molecule has 1 aromatic heterocycles. The van der Waals surface area contributed by atoms with E-state index in [9.17, 15) is 4.79 Å². The summed E-state index contributed by atoms with van der Waals surface area (Å²) < 4.78 is 0. The molecule has 2 atom stereocenters. The molecular formula is C18H27N3O. The van der Waals surface area contributed by atoms with Gasteiger partial charge in [-0.05, 0) is 50.2 Å². The Morgan fingerprint density at radius 1 is 1.36 bits per heavy atom. The molecule has 0 aromatic carbocycles. The van der Waals surface area contributed by atoms with E-state index < -0.39 is 0 Å². The molecule has 2 heterocycles. The van der Waals surface area contributed by atoms with Crippen LogP contribution in [0.25, 0.3) is 0 Å². The summed E-state index contributed by atoms with van der Waals surface area (Å²) in [5.74, 6) is 0.743. The van der Waals surface area contributed by atoms with Gasteiger partial charge in [-0.3, -0.25) is 4.98 Å². The van der Waals surface area contributed by atoms with Crippen LogP contribution < -0.4 is 5.32 Å². The number of urea groups is 1. The highest BCUT2D eigenvalue weighted by Crippen LogP contribution is 2.37. The van der Waals surface area contributed by atoms with Crippen LogP contribution in [0.2, 0.25) is 0 Å². The summed E-state index contributed by atoms with van der Waals surface area (Å²) >= 11 is 0. The van der Waals surface area contributed by atoms with Gasteiger partial charge in [0.25, 0.3) is 0 Å². The molecule has 0 spiro atoms. The van der Waals surface area contributed by atoms with Crippen molar-refractivity contribution in [1.29, 1.82) is 0 Å². The van der Waals surface area contributed by atoms with Crippen LogP contribution >= 0.6 is 0 Å². The number of hydrogen-bond acceptors (Lipinski definition) is 2. The van der Waals surface area contributed by atoms with Crippen molar-refractivity contribution in [2.75, 3.05) is 6.54 Å². The maximum absolute atomic E-state index is 12.7. The van der Waals surface area contributed by atoms with Crippen molar-refractivity contribution >= 4 is 6.03 Å². The van der Waals surface area contributed by atoms with Crippen LogP contribution in [0.1, 0.15) is 63.6 Å². The molecule has 2 aliphatic rings. The average molecular weight is 301 g/mol. The summed E-state index contributed by atoms with van der Waals surface area (Å²) in [6, 6.07) is 6.53. The summed E-state index contributed by atoms with van der Waals surface area (Å²) in [6.07, 6.45) is 10.0. The molecule has 0 radical (unpaired) electrons. The first-order chi connectivity index (χ1) is 10.8. The molecule has 1 saturated heterocycles. The number of amides is 2. The monoisotopic (exact) mass is 301 g/mol. The van der Waals surface area contributed by atoms with E-state index in [2.05, 4.69) is 22.1 Å². The molecular weight excluding hydrogens is 274 g/mol. The maximum atomic E-state index is 12.7. The lowest BCUT2D eigenvalue weighted by Gasteiger charge is -2.37. The summed E-state index contributed by atoms with van der Waals surface area (Å²) in [7, 11) is 0. The molecule has 1 aromatic rings. The fourth-order valence-corrected chi connectivity index (χ4v) is 3.76. The van der Waals surface area contributed by atoms with E-state index in [4.69, 9.17) is 0 Å². The smallest absolute Gasteiger partial charge is 0.318 e. The standard InChI is InChI=1S/C18H27N3O/c1-2-7-16(15-10-3-4-12-19-15)20-18(22)21-13-6-11-17(21)14-8-5-9-14/h3-4,10,12,14,16-17H,2,5-9,11,13H2,1H3,(H,20,22)/t16-,17-/m0/s1. The third-order valence-electron chi connectivity index (χ3n) is 5.17. The van der Waals surface area contributed by atoms with Gasteiger partial charge in [0.15, 0.2) is 0 Å². The number of pyridine rings is 1. The molecule has 1 saturated carbocycles. The first kappa shape index (κ1) is 15.3. The van der Waals surface area contributed by atoms with Gasteiger partial charge in [0.1, 0.15) is 0 Å². The minimum Gasteiger partial charge on any atom is -0.330 e. The van der Waals surface area contributed by atoms with Gasteiger partial charge in [-0.25, -0.2) is 4.79 Å². The highest BCUT2D eigenvalue weighted by Gasteiger charge is 2.37. The topological polar surface area (TPSA) is 45.2 Å². The van der Waals surface area contributed by atoms with Crippen molar-refractivity contribution in [1.82, 2.24) is 15.2 Å². The number of hydrogen-bond donors (Lipinski definition) is 1. The van der Waals surface area contributed by atoms with E-state index in [-0.39, 0.29) is 12.1 Å². The number of carbonyl (C=O) groups is 1. The van der Waals surface area contributed by atoms with E-state index in [1.165, 1.54) is 25.7 Å². The summed E-state index contributed by atoms with van der Waals surface area (Å²) in [4.78, 5) is 19.3. The Morgan fingerprint density at radius 3 is 2.86 bits per heavy atom. The lowest BCUT2D eigenvalue weighted by molar-refractivity contribution is 0.136. The summed E-state index contributed by atoms with van der Waals surface area (Å²) in [5, 5.41) is 3.23. The SMILES string of the molecule is CCC[C@H](NC(=O)N1CCC[C@H]1C1CCC1)c1ccccn1. The van der Waals surface area contributed by atoms with E-state index in [0.29, 0.717) is 6.04 Å². The van der Waals surface area contributed by atoms with Crippen LogP contribution in [0.3, 0.4) is 0 Å². The van der Waals surface area contributed by atoms with Gasteiger partial charge in [-0.2, -0.15) is 0 Å². The van der Waals surface area contributed by atoms with Crippen molar-refractivity contribution in [2.24, 2.45) is 5.92 Å². The lowest BCUT2D eigenvalue weighted by atomic mass is 9.79. The summed E-state index contributed by atoms with van der Waals surface area (Å²) in [5.41, 5.74) is 0.970. The molecule has 3 rings (SSSR count). The second kappa shape index (κ2) is 7.12. The maximum Gasteiger partial charge on any atom is 0.318 e. The van der Waals surface area contributed by atoms with Crippen LogP contribution in [0.15, 0.2) is 24.4 Å². The Morgan fingerprint density at radius 2 is 2.23 bits per heavy atom. The van der Waals surface area contributed by atoms with Gasteiger partial charge in [0, 0.05) is 18.8 Å².